The monoisotopic (exact) mass is 268 g/mol. The minimum absolute atomic E-state index is 0.147. The normalized spacial score (nSPS) is 17.2. The maximum absolute atomic E-state index is 12.6. The molecule has 1 fully saturated rings. The van der Waals surface area contributed by atoms with Crippen molar-refractivity contribution in [2.24, 2.45) is 5.92 Å². The van der Waals surface area contributed by atoms with E-state index in [1.165, 1.54) is 6.07 Å². The third-order valence-corrected chi connectivity index (χ3v) is 3.52. The molecule has 0 spiro atoms. The van der Waals surface area contributed by atoms with E-state index in [-0.39, 0.29) is 5.56 Å². The van der Waals surface area contributed by atoms with Crippen molar-refractivity contribution in [1.82, 2.24) is 5.32 Å². The van der Waals surface area contributed by atoms with E-state index in [0.717, 1.165) is 43.6 Å². The minimum Gasteiger partial charge on any atom is -0.317 e. The SMILES string of the molecule is N#Cc1cc(C(F)(F)F)ccc1CC1CCNCC1. The fraction of sp³-hybridized carbons (Fsp3) is 0.500. The van der Waals surface area contributed by atoms with Crippen molar-refractivity contribution in [1.29, 1.82) is 5.26 Å². The molecule has 0 atom stereocenters. The third-order valence-electron chi connectivity index (χ3n) is 3.52. The zero-order valence-electron chi connectivity index (χ0n) is 10.4. The van der Waals surface area contributed by atoms with Crippen LogP contribution in [0.1, 0.15) is 29.5 Å². The van der Waals surface area contributed by atoms with E-state index in [4.69, 9.17) is 5.26 Å². The molecular formula is C14H15F3N2. The molecule has 2 nitrogen and oxygen atoms in total. The molecule has 1 aromatic rings. The Balaban J connectivity index is 2.19. The van der Waals surface area contributed by atoms with Crippen LogP contribution in [0.15, 0.2) is 18.2 Å². The lowest BCUT2D eigenvalue weighted by Gasteiger charge is -2.23. The van der Waals surface area contributed by atoms with Crippen LogP contribution in [0.3, 0.4) is 0 Å². The molecule has 1 aliphatic rings. The quantitative estimate of drug-likeness (QED) is 0.894. The first kappa shape index (κ1) is 13.9. The Morgan fingerprint density at radius 3 is 2.53 bits per heavy atom. The van der Waals surface area contributed by atoms with E-state index in [1.807, 2.05) is 6.07 Å². The van der Waals surface area contributed by atoms with Gasteiger partial charge in [0.15, 0.2) is 0 Å². The number of hydrogen-bond acceptors (Lipinski definition) is 2. The van der Waals surface area contributed by atoms with Crippen LogP contribution in [0.25, 0.3) is 0 Å². The lowest BCUT2D eigenvalue weighted by molar-refractivity contribution is -0.137. The van der Waals surface area contributed by atoms with Crippen molar-refractivity contribution >= 4 is 0 Å². The van der Waals surface area contributed by atoms with Crippen LogP contribution < -0.4 is 5.32 Å². The third kappa shape index (κ3) is 3.48. The van der Waals surface area contributed by atoms with Gasteiger partial charge in [-0.15, -0.1) is 0 Å². The van der Waals surface area contributed by atoms with Crippen molar-refractivity contribution in [2.45, 2.75) is 25.4 Å². The van der Waals surface area contributed by atoms with Crippen LogP contribution in [-0.4, -0.2) is 13.1 Å². The first-order valence-electron chi connectivity index (χ1n) is 6.31. The summed E-state index contributed by atoms with van der Waals surface area (Å²) in [5.74, 6) is 0.449. The van der Waals surface area contributed by atoms with Crippen molar-refractivity contribution in [3.63, 3.8) is 0 Å². The van der Waals surface area contributed by atoms with E-state index in [2.05, 4.69) is 5.32 Å². The topological polar surface area (TPSA) is 35.8 Å². The fourth-order valence-corrected chi connectivity index (χ4v) is 2.43. The maximum atomic E-state index is 12.6. The molecule has 1 aromatic carbocycles. The van der Waals surface area contributed by atoms with Crippen molar-refractivity contribution in [2.75, 3.05) is 13.1 Å². The second-order valence-electron chi connectivity index (χ2n) is 4.88. The van der Waals surface area contributed by atoms with Gasteiger partial charge in [0, 0.05) is 0 Å². The molecule has 19 heavy (non-hydrogen) atoms. The highest BCUT2D eigenvalue weighted by Gasteiger charge is 2.31. The zero-order valence-corrected chi connectivity index (χ0v) is 10.4. The Bertz CT molecular complexity index is 482. The van der Waals surface area contributed by atoms with Crippen LogP contribution >= 0.6 is 0 Å². The van der Waals surface area contributed by atoms with E-state index >= 15 is 0 Å². The lowest BCUT2D eigenvalue weighted by atomic mass is 9.88. The smallest absolute Gasteiger partial charge is 0.317 e. The first-order valence-corrected chi connectivity index (χ1v) is 6.31. The van der Waals surface area contributed by atoms with E-state index in [9.17, 15) is 13.2 Å². The van der Waals surface area contributed by atoms with Crippen molar-refractivity contribution in [3.05, 3.63) is 34.9 Å². The van der Waals surface area contributed by atoms with Gasteiger partial charge in [0.25, 0.3) is 0 Å². The summed E-state index contributed by atoms with van der Waals surface area (Å²) in [5.41, 5.74) is 0.119. The average molecular weight is 268 g/mol. The zero-order chi connectivity index (χ0) is 13.9. The largest absolute Gasteiger partial charge is 0.416 e. The average Bonchev–Trinajstić information content (AvgIpc) is 2.39. The number of alkyl halides is 3. The second kappa shape index (κ2) is 5.62. The van der Waals surface area contributed by atoms with E-state index < -0.39 is 11.7 Å². The van der Waals surface area contributed by atoms with Crippen LogP contribution in [0.4, 0.5) is 13.2 Å². The predicted molar refractivity (Wildman–Crippen MR) is 65.5 cm³/mol. The van der Waals surface area contributed by atoms with Gasteiger partial charge in [-0.3, -0.25) is 0 Å². The number of hydrogen-bond donors (Lipinski definition) is 1. The maximum Gasteiger partial charge on any atom is 0.416 e. The Hall–Kier alpha value is -1.54. The number of nitrogens with one attached hydrogen (secondary N) is 1. The van der Waals surface area contributed by atoms with Gasteiger partial charge in [-0.1, -0.05) is 6.07 Å². The van der Waals surface area contributed by atoms with Gasteiger partial charge in [0.2, 0.25) is 0 Å². The fourth-order valence-electron chi connectivity index (χ4n) is 2.43. The highest BCUT2D eigenvalue weighted by atomic mass is 19.4. The molecule has 2 rings (SSSR count). The van der Waals surface area contributed by atoms with Crippen LogP contribution in [0.5, 0.6) is 0 Å². The van der Waals surface area contributed by atoms with E-state index in [0.29, 0.717) is 12.3 Å². The summed E-state index contributed by atoms with van der Waals surface area (Å²) in [6, 6.07) is 5.35. The molecule has 1 aliphatic heterocycles. The molecule has 0 aliphatic carbocycles. The second-order valence-corrected chi connectivity index (χ2v) is 4.88. The summed E-state index contributed by atoms with van der Waals surface area (Å²) in [5, 5.41) is 12.3. The molecule has 1 N–H and O–H groups in total. The minimum atomic E-state index is -4.39. The highest BCUT2D eigenvalue weighted by Crippen LogP contribution is 2.31. The highest BCUT2D eigenvalue weighted by molar-refractivity contribution is 5.41. The molecule has 0 bridgehead atoms. The molecular weight excluding hydrogens is 253 g/mol. The number of rotatable bonds is 2. The number of nitriles is 1. The summed E-state index contributed by atoms with van der Waals surface area (Å²) in [7, 11) is 0. The predicted octanol–water partition coefficient (Wildman–Crippen LogP) is 3.12. The summed E-state index contributed by atoms with van der Waals surface area (Å²) in [6.07, 6.45) is -1.70. The Morgan fingerprint density at radius 2 is 1.95 bits per heavy atom. The molecule has 0 radical (unpaired) electrons. The van der Waals surface area contributed by atoms with Gasteiger partial charge in [0.1, 0.15) is 0 Å². The van der Waals surface area contributed by atoms with Crippen LogP contribution in [0.2, 0.25) is 0 Å². The van der Waals surface area contributed by atoms with E-state index in [1.54, 1.807) is 0 Å². The Labute approximate surface area is 110 Å². The number of halogens is 3. The van der Waals surface area contributed by atoms with Crippen LogP contribution in [-0.2, 0) is 12.6 Å². The summed E-state index contributed by atoms with van der Waals surface area (Å²) >= 11 is 0. The first-order chi connectivity index (χ1) is 9.00. The van der Waals surface area contributed by atoms with Crippen LogP contribution in [0, 0.1) is 17.2 Å². The molecule has 0 aromatic heterocycles. The molecule has 0 saturated carbocycles. The van der Waals surface area contributed by atoms with Gasteiger partial charge < -0.3 is 5.32 Å². The van der Waals surface area contributed by atoms with Gasteiger partial charge >= 0.3 is 6.18 Å². The van der Waals surface area contributed by atoms with Gasteiger partial charge in [-0.05, 0) is 56.0 Å². The molecule has 0 unspecified atom stereocenters. The standard InChI is InChI=1S/C14H15F3N2/c15-14(16,17)13-2-1-11(12(8-13)9-18)7-10-3-5-19-6-4-10/h1-2,8,10,19H,3-7H2. The molecule has 1 saturated heterocycles. The Kier molecular flexibility index (Phi) is 4.11. The van der Waals surface area contributed by atoms with Gasteiger partial charge in [-0.25, -0.2) is 0 Å². The molecule has 5 heteroatoms. The van der Waals surface area contributed by atoms with Crippen molar-refractivity contribution in [3.8, 4) is 6.07 Å². The van der Waals surface area contributed by atoms with Crippen molar-refractivity contribution < 1.29 is 13.2 Å². The molecule has 102 valence electrons. The molecule has 1 heterocycles. The Morgan fingerprint density at radius 1 is 1.26 bits per heavy atom. The summed E-state index contributed by atoms with van der Waals surface area (Å²) in [4.78, 5) is 0. The van der Waals surface area contributed by atoms with Gasteiger partial charge in [-0.2, -0.15) is 18.4 Å². The summed E-state index contributed by atoms with van der Waals surface area (Å²) < 4.78 is 37.7. The van der Waals surface area contributed by atoms with Gasteiger partial charge in [0.05, 0.1) is 17.2 Å². The number of nitrogens with zero attached hydrogens (tertiary/aromatic N) is 1. The summed E-state index contributed by atoms with van der Waals surface area (Å²) in [6.45, 7) is 1.88. The number of piperidine rings is 1. The number of benzene rings is 1. The lowest BCUT2D eigenvalue weighted by Crippen LogP contribution is -2.28. The molecule has 0 amide bonds.